The van der Waals surface area contributed by atoms with E-state index in [4.69, 9.17) is 15.9 Å². The van der Waals surface area contributed by atoms with Gasteiger partial charge < -0.3 is 4.74 Å². The summed E-state index contributed by atoms with van der Waals surface area (Å²) >= 11 is 4.94. The summed E-state index contributed by atoms with van der Waals surface area (Å²) in [6.45, 7) is 4.64. The first kappa shape index (κ1) is 20.5. The van der Waals surface area contributed by atoms with Crippen LogP contribution in [0.3, 0.4) is 0 Å². The Hall–Kier alpha value is -0.250. The first-order valence-corrected chi connectivity index (χ1v) is 13.7. The topological polar surface area (TPSA) is 43.4 Å². The molecule has 0 aromatic rings. The maximum Gasteiger partial charge on any atom is 0.333 e. The third kappa shape index (κ3) is 4.77. The second kappa shape index (κ2) is 8.84. The van der Waals surface area contributed by atoms with E-state index in [2.05, 4.69) is 6.58 Å². The highest BCUT2D eigenvalue weighted by Crippen LogP contribution is 2.65. The molecule has 3 saturated carbocycles. The van der Waals surface area contributed by atoms with Crippen molar-refractivity contribution in [1.82, 2.24) is 0 Å². The van der Waals surface area contributed by atoms with E-state index in [1.54, 1.807) is 6.92 Å². The van der Waals surface area contributed by atoms with E-state index in [1.807, 2.05) is 0 Å². The van der Waals surface area contributed by atoms with Gasteiger partial charge in [0.15, 0.2) is 6.58 Å². The summed E-state index contributed by atoms with van der Waals surface area (Å²) in [5.74, 6) is 2.20. The van der Waals surface area contributed by atoms with Crippen LogP contribution in [0.15, 0.2) is 12.2 Å². The molecule has 0 N–H and O–H groups in total. The van der Waals surface area contributed by atoms with Gasteiger partial charge in [0.2, 0.25) is 0 Å². The number of carbonyl (C=O) groups is 1. The molecular weight excluding hydrogens is 383 g/mol. The van der Waals surface area contributed by atoms with Gasteiger partial charge in [-0.2, -0.15) is 0 Å². The smallest absolute Gasteiger partial charge is 0.333 e. The Kier molecular flexibility index (Phi) is 6.96. The summed E-state index contributed by atoms with van der Waals surface area (Å²) in [6.07, 6.45) is 12.6. The Morgan fingerprint density at radius 2 is 1.81 bits per heavy atom. The lowest BCUT2D eigenvalue weighted by atomic mass is 9.68. The van der Waals surface area contributed by atoms with Gasteiger partial charge in [0.1, 0.15) is 0 Å². The highest BCUT2D eigenvalue weighted by atomic mass is 32.9. The van der Waals surface area contributed by atoms with Crippen molar-refractivity contribution < 1.29 is 14.1 Å². The van der Waals surface area contributed by atoms with E-state index >= 15 is 0 Å². The van der Waals surface area contributed by atoms with Crippen molar-refractivity contribution in [3.05, 3.63) is 12.2 Å². The van der Waals surface area contributed by atoms with E-state index in [9.17, 15) is 9.36 Å². The fourth-order valence-electron chi connectivity index (χ4n) is 5.29. The molecule has 3 fully saturated rings. The number of hydrogen-bond acceptors (Lipinski definition) is 4. The lowest BCUT2D eigenvalue weighted by Crippen LogP contribution is -2.27. The van der Waals surface area contributed by atoms with Crippen LogP contribution in [-0.4, -0.2) is 18.2 Å². The zero-order chi connectivity index (χ0) is 18.7. The summed E-state index contributed by atoms with van der Waals surface area (Å²) in [5.41, 5.74) is 1.30. The monoisotopic (exact) mass is 414 g/mol. The van der Waals surface area contributed by atoms with Crippen molar-refractivity contribution in [2.24, 2.45) is 23.2 Å². The molecule has 0 bridgehead atoms. The molecule has 6 heteroatoms. The quantitative estimate of drug-likeness (QED) is 0.325. The van der Waals surface area contributed by atoms with E-state index in [-0.39, 0.29) is 5.97 Å². The molecule has 2 atom stereocenters. The number of hydrogen-bond donors (Lipinski definition) is 0. The van der Waals surface area contributed by atoms with Gasteiger partial charge in [-0.3, -0.25) is 4.57 Å². The number of ether oxygens (including phenoxy) is 1. The van der Waals surface area contributed by atoms with E-state index in [0.717, 1.165) is 34.2 Å². The minimum absolute atomic E-state index is 0.260. The summed E-state index contributed by atoms with van der Waals surface area (Å²) in [4.78, 5) is 11.4. The zero-order valence-electron chi connectivity index (χ0n) is 15.8. The van der Waals surface area contributed by atoms with Crippen LogP contribution >= 0.6 is 6.58 Å². The standard InChI is InChI=1S/C20H31O3PS2/c1-14(2)19(21)23-12-9-15-3-5-16(6-4-15)17-7-10-20(11-8-17)13-18(20)24(22)26-25/h15-18H,1,3-13H2,2H3. The van der Waals surface area contributed by atoms with Gasteiger partial charge in [0.25, 0.3) is 0 Å². The molecule has 1 spiro atoms. The second-order valence-corrected chi connectivity index (χ2v) is 13.0. The molecule has 0 heterocycles. The van der Waals surface area contributed by atoms with Crippen molar-refractivity contribution in [1.29, 1.82) is 0 Å². The first-order chi connectivity index (χ1) is 12.4. The molecule has 26 heavy (non-hydrogen) atoms. The van der Waals surface area contributed by atoms with Crippen molar-refractivity contribution >= 4 is 33.2 Å². The summed E-state index contributed by atoms with van der Waals surface area (Å²) < 4.78 is 17.2. The van der Waals surface area contributed by atoms with E-state index in [0.29, 0.717) is 29.2 Å². The SMILES string of the molecule is C=C(C)C(=O)OCCC1CCC(C2CCC3(CC2)CC3P(=O)=S=S)CC1. The van der Waals surface area contributed by atoms with Gasteiger partial charge in [-0.1, -0.05) is 19.4 Å². The van der Waals surface area contributed by atoms with Gasteiger partial charge in [-0.15, -0.1) is 0 Å². The van der Waals surface area contributed by atoms with Crippen LogP contribution in [0, 0.1) is 23.2 Å². The molecular formula is C20H31O3PS2. The Morgan fingerprint density at radius 3 is 2.38 bits per heavy atom. The summed E-state index contributed by atoms with van der Waals surface area (Å²) in [7, 11) is 1.16. The van der Waals surface area contributed by atoms with Gasteiger partial charge in [0.05, 0.1) is 6.61 Å². The fraction of sp³-hybridized carbons (Fsp3) is 0.850. The molecule has 3 aliphatic carbocycles. The minimum atomic E-state index is -1.21. The van der Waals surface area contributed by atoms with E-state index in [1.165, 1.54) is 51.4 Å². The molecule has 0 amide bonds. The van der Waals surface area contributed by atoms with Crippen molar-refractivity contribution in [2.45, 2.75) is 76.8 Å². The van der Waals surface area contributed by atoms with Crippen LogP contribution in [-0.2, 0) is 34.8 Å². The minimum Gasteiger partial charge on any atom is -0.462 e. The Balaban J connectivity index is 1.36. The first-order valence-electron chi connectivity index (χ1n) is 10.0. The van der Waals surface area contributed by atoms with Gasteiger partial charge >= 0.3 is 5.97 Å². The van der Waals surface area contributed by atoms with Crippen molar-refractivity contribution in [3.8, 4) is 0 Å². The molecule has 146 valence electrons. The van der Waals surface area contributed by atoms with Gasteiger partial charge in [-0.25, -0.2) is 4.79 Å². The Morgan fingerprint density at radius 1 is 1.19 bits per heavy atom. The summed E-state index contributed by atoms with van der Waals surface area (Å²) in [5, 5.41) is 0. The van der Waals surface area contributed by atoms with Crippen molar-refractivity contribution in [3.63, 3.8) is 0 Å². The summed E-state index contributed by atoms with van der Waals surface area (Å²) in [6, 6.07) is 0. The number of carbonyl (C=O) groups excluding carboxylic acids is 1. The third-order valence-electron chi connectivity index (χ3n) is 7.17. The lowest BCUT2D eigenvalue weighted by molar-refractivity contribution is -0.139. The van der Waals surface area contributed by atoms with Crippen molar-refractivity contribution in [2.75, 3.05) is 6.61 Å². The molecule has 3 nitrogen and oxygen atoms in total. The average Bonchev–Trinajstić information content (AvgIpc) is 3.35. The van der Waals surface area contributed by atoms with Crippen LogP contribution in [0.2, 0.25) is 0 Å². The highest BCUT2D eigenvalue weighted by molar-refractivity contribution is 8.32. The second-order valence-electron chi connectivity index (χ2n) is 8.77. The van der Waals surface area contributed by atoms with Gasteiger partial charge in [0, 0.05) is 11.2 Å². The molecule has 0 aromatic carbocycles. The third-order valence-corrected chi connectivity index (χ3v) is 11.1. The van der Waals surface area contributed by atoms with Crippen LogP contribution in [0.4, 0.5) is 0 Å². The van der Waals surface area contributed by atoms with Gasteiger partial charge in [-0.05, 0) is 102 Å². The molecule has 3 aliphatic rings. The molecule has 0 saturated heterocycles. The fourth-order valence-corrected chi connectivity index (χ4v) is 8.75. The molecule has 0 aromatic heterocycles. The predicted octanol–water partition coefficient (Wildman–Crippen LogP) is 5.54. The normalized spacial score (nSPS) is 37.0. The number of esters is 1. The molecule has 3 rings (SSSR count). The molecule has 0 radical (unpaired) electrons. The molecule has 0 aliphatic heterocycles. The number of rotatable bonds is 6. The van der Waals surface area contributed by atoms with Crippen LogP contribution in [0.1, 0.15) is 71.1 Å². The maximum absolute atomic E-state index is 12.0. The van der Waals surface area contributed by atoms with Crippen LogP contribution < -0.4 is 0 Å². The van der Waals surface area contributed by atoms with E-state index < -0.39 is 6.58 Å². The molecule has 2 unspecified atom stereocenters. The van der Waals surface area contributed by atoms with Crippen LogP contribution in [0.5, 0.6) is 0 Å². The Labute approximate surface area is 166 Å². The zero-order valence-corrected chi connectivity index (χ0v) is 18.3. The lowest BCUT2D eigenvalue weighted by Gasteiger charge is -2.38. The Bertz CT molecular complexity index is 648. The maximum atomic E-state index is 12.0. The average molecular weight is 415 g/mol. The highest BCUT2D eigenvalue weighted by Gasteiger charge is 2.57. The van der Waals surface area contributed by atoms with Crippen LogP contribution in [0.25, 0.3) is 0 Å². The largest absolute Gasteiger partial charge is 0.462 e. The predicted molar refractivity (Wildman–Crippen MR) is 111 cm³/mol.